The number of rotatable bonds is 2. The number of halogens is 1. The molecule has 0 aliphatic carbocycles. The van der Waals surface area contributed by atoms with Crippen molar-refractivity contribution in [3.05, 3.63) is 0 Å². The second kappa shape index (κ2) is 3.95. The molecule has 1 aliphatic rings. The molecule has 0 amide bonds. The van der Waals surface area contributed by atoms with E-state index in [0.717, 1.165) is 11.8 Å². The van der Waals surface area contributed by atoms with Crippen LogP contribution in [0, 0.1) is 5.92 Å². The molecule has 0 bridgehead atoms. The van der Waals surface area contributed by atoms with Gasteiger partial charge in [0.05, 0.1) is 0 Å². The van der Waals surface area contributed by atoms with Crippen molar-refractivity contribution in [2.75, 3.05) is 11.9 Å². The molecule has 0 saturated carbocycles. The Kier molecular flexibility index (Phi) is 3.17. The largest absolute Gasteiger partial charge is 0.508 e. The predicted octanol–water partition coefficient (Wildman–Crippen LogP) is 1.94. The summed E-state index contributed by atoms with van der Waals surface area (Å²) in [7, 11) is 0. The Hall–Kier alpha value is -0.250. The standard InChI is InChI=1S/C7H11BrO3/c1-5-4-10-7(9)11-6(5)2-3-8/h5-6H,2-4H2,1H3. The van der Waals surface area contributed by atoms with Gasteiger partial charge in [-0.15, -0.1) is 0 Å². The van der Waals surface area contributed by atoms with Crippen molar-refractivity contribution in [1.29, 1.82) is 0 Å². The molecular formula is C7H11BrO3. The maximum atomic E-state index is 10.6. The third kappa shape index (κ3) is 2.36. The Balaban J connectivity index is 2.40. The van der Waals surface area contributed by atoms with Crippen LogP contribution in [0.2, 0.25) is 0 Å². The van der Waals surface area contributed by atoms with E-state index in [2.05, 4.69) is 15.9 Å². The van der Waals surface area contributed by atoms with E-state index < -0.39 is 6.16 Å². The minimum absolute atomic E-state index is 0.0237. The molecule has 2 unspecified atom stereocenters. The van der Waals surface area contributed by atoms with Crippen molar-refractivity contribution >= 4 is 22.1 Å². The Morgan fingerprint density at radius 3 is 3.09 bits per heavy atom. The molecule has 4 heteroatoms. The van der Waals surface area contributed by atoms with E-state index in [9.17, 15) is 4.79 Å². The van der Waals surface area contributed by atoms with Gasteiger partial charge in [0.15, 0.2) is 0 Å². The normalized spacial score (nSPS) is 30.9. The molecule has 1 aliphatic heterocycles. The average molecular weight is 223 g/mol. The SMILES string of the molecule is CC1COC(=O)OC1CCBr. The van der Waals surface area contributed by atoms with Gasteiger partial charge in [-0.3, -0.25) is 0 Å². The lowest BCUT2D eigenvalue weighted by Gasteiger charge is -2.27. The highest BCUT2D eigenvalue weighted by Crippen LogP contribution is 2.18. The number of carbonyl (C=O) groups is 1. The van der Waals surface area contributed by atoms with Gasteiger partial charge in [0, 0.05) is 11.2 Å². The second-order valence-electron chi connectivity index (χ2n) is 2.67. The van der Waals surface area contributed by atoms with Crippen molar-refractivity contribution in [3.8, 4) is 0 Å². The Morgan fingerprint density at radius 1 is 1.73 bits per heavy atom. The summed E-state index contributed by atoms with van der Waals surface area (Å²) < 4.78 is 9.64. The number of cyclic esters (lactones) is 2. The van der Waals surface area contributed by atoms with Crippen molar-refractivity contribution in [2.45, 2.75) is 19.4 Å². The van der Waals surface area contributed by atoms with Crippen LogP contribution in [0.5, 0.6) is 0 Å². The van der Waals surface area contributed by atoms with Gasteiger partial charge in [-0.2, -0.15) is 0 Å². The molecule has 0 aromatic rings. The van der Waals surface area contributed by atoms with Crippen LogP contribution in [0.4, 0.5) is 4.79 Å². The van der Waals surface area contributed by atoms with Crippen LogP contribution in [-0.4, -0.2) is 24.2 Å². The van der Waals surface area contributed by atoms with Gasteiger partial charge in [0.2, 0.25) is 0 Å². The summed E-state index contributed by atoms with van der Waals surface area (Å²) in [4.78, 5) is 10.6. The molecule has 1 saturated heterocycles. The number of hydrogen-bond donors (Lipinski definition) is 0. The van der Waals surface area contributed by atoms with E-state index in [0.29, 0.717) is 12.5 Å². The maximum absolute atomic E-state index is 10.6. The van der Waals surface area contributed by atoms with Crippen LogP contribution >= 0.6 is 15.9 Å². The van der Waals surface area contributed by atoms with Crippen molar-refractivity contribution in [2.24, 2.45) is 5.92 Å². The van der Waals surface area contributed by atoms with Gasteiger partial charge in [-0.1, -0.05) is 22.9 Å². The summed E-state index contributed by atoms with van der Waals surface area (Å²) in [5, 5.41) is 0.856. The zero-order chi connectivity index (χ0) is 8.27. The fourth-order valence-corrected chi connectivity index (χ4v) is 1.48. The quantitative estimate of drug-likeness (QED) is 0.530. The summed E-state index contributed by atoms with van der Waals surface area (Å²) in [6, 6.07) is 0. The van der Waals surface area contributed by atoms with Gasteiger partial charge in [0.25, 0.3) is 0 Å². The first-order valence-corrected chi connectivity index (χ1v) is 4.75. The molecular weight excluding hydrogens is 212 g/mol. The summed E-state index contributed by atoms with van der Waals surface area (Å²) in [6.45, 7) is 2.50. The minimum atomic E-state index is -0.533. The van der Waals surface area contributed by atoms with E-state index in [1.54, 1.807) is 0 Å². The summed E-state index contributed by atoms with van der Waals surface area (Å²) in [5.41, 5.74) is 0. The molecule has 64 valence electrons. The van der Waals surface area contributed by atoms with Crippen LogP contribution in [-0.2, 0) is 9.47 Å². The fraction of sp³-hybridized carbons (Fsp3) is 0.857. The number of ether oxygens (including phenoxy) is 2. The highest BCUT2D eigenvalue weighted by molar-refractivity contribution is 9.09. The highest BCUT2D eigenvalue weighted by Gasteiger charge is 2.27. The van der Waals surface area contributed by atoms with E-state index in [1.165, 1.54) is 0 Å². The molecule has 1 heterocycles. The van der Waals surface area contributed by atoms with Gasteiger partial charge in [-0.25, -0.2) is 4.79 Å². The molecule has 0 spiro atoms. The first kappa shape index (κ1) is 8.84. The van der Waals surface area contributed by atoms with Crippen LogP contribution in [0.25, 0.3) is 0 Å². The molecule has 0 radical (unpaired) electrons. The lowest BCUT2D eigenvalue weighted by Crippen LogP contribution is -2.35. The van der Waals surface area contributed by atoms with Crippen molar-refractivity contribution in [3.63, 3.8) is 0 Å². The summed E-state index contributed by atoms with van der Waals surface area (Å²) >= 11 is 3.30. The van der Waals surface area contributed by atoms with E-state index in [1.807, 2.05) is 6.92 Å². The monoisotopic (exact) mass is 222 g/mol. The highest BCUT2D eigenvalue weighted by atomic mass is 79.9. The fourth-order valence-electron chi connectivity index (χ4n) is 1.03. The Morgan fingerprint density at radius 2 is 2.45 bits per heavy atom. The smallest absolute Gasteiger partial charge is 0.434 e. The van der Waals surface area contributed by atoms with Gasteiger partial charge in [0.1, 0.15) is 12.7 Å². The molecule has 0 aromatic heterocycles. The van der Waals surface area contributed by atoms with Crippen molar-refractivity contribution in [1.82, 2.24) is 0 Å². The first-order valence-electron chi connectivity index (χ1n) is 3.63. The first-order chi connectivity index (χ1) is 5.24. The summed E-state index contributed by atoms with van der Waals surface area (Å²) in [5.74, 6) is 0.310. The third-order valence-electron chi connectivity index (χ3n) is 1.74. The molecule has 2 atom stereocenters. The molecule has 11 heavy (non-hydrogen) atoms. The Labute approximate surface area is 74.2 Å². The van der Waals surface area contributed by atoms with E-state index >= 15 is 0 Å². The Bertz CT molecular complexity index is 149. The molecule has 3 nitrogen and oxygen atoms in total. The lowest BCUT2D eigenvalue weighted by molar-refractivity contribution is -0.0539. The van der Waals surface area contributed by atoms with E-state index in [-0.39, 0.29) is 6.10 Å². The molecule has 1 fully saturated rings. The topological polar surface area (TPSA) is 35.5 Å². The van der Waals surface area contributed by atoms with Crippen LogP contribution in [0.1, 0.15) is 13.3 Å². The van der Waals surface area contributed by atoms with Gasteiger partial charge >= 0.3 is 6.16 Å². The summed E-state index contributed by atoms with van der Waals surface area (Å²) in [6.07, 6.45) is 0.348. The third-order valence-corrected chi connectivity index (χ3v) is 2.20. The van der Waals surface area contributed by atoms with Crippen LogP contribution < -0.4 is 0 Å². The minimum Gasteiger partial charge on any atom is -0.434 e. The van der Waals surface area contributed by atoms with Crippen LogP contribution in [0.15, 0.2) is 0 Å². The second-order valence-corrected chi connectivity index (χ2v) is 3.47. The number of carbonyl (C=O) groups excluding carboxylic acids is 1. The van der Waals surface area contributed by atoms with Gasteiger partial charge < -0.3 is 9.47 Å². The zero-order valence-corrected chi connectivity index (χ0v) is 7.96. The lowest BCUT2D eigenvalue weighted by atomic mass is 10.0. The van der Waals surface area contributed by atoms with Gasteiger partial charge in [-0.05, 0) is 6.42 Å². The average Bonchev–Trinajstić information content (AvgIpc) is 1.98. The predicted molar refractivity (Wildman–Crippen MR) is 43.8 cm³/mol. The number of hydrogen-bond acceptors (Lipinski definition) is 3. The molecule has 1 rings (SSSR count). The van der Waals surface area contributed by atoms with Crippen molar-refractivity contribution < 1.29 is 14.3 Å². The van der Waals surface area contributed by atoms with E-state index in [4.69, 9.17) is 9.47 Å². The maximum Gasteiger partial charge on any atom is 0.508 e. The zero-order valence-electron chi connectivity index (χ0n) is 6.38. The number of alkyl halides is 1. The molecule has 0 aromatic carbocycles. The van der Waals surface area contributed by atoms with Crippen LogP contribution in [0.3, 0.4) is 0 Å². The molecule has 0 N–H and O–H groups in total.